The third-order valence-corrected chi connectivity index (χ3v) is 2.78. The maximum atomic E-state index is 9.43. The lowest BCUT2D eigenvalue weighted by Gasteiger charge is -2.04. The van der Waals surface area contributed by atoms with Crippen molar-refractivity contribution >= 4 is 10.9 Å². The predicted octanol–water partition coefficient (Wildman–Crippen LogP) is 2.82. The van der Waals surface area contributed by atoms with Crippen LogP contribution in [0.5, 0.6) is 5.75 Å². The first-order valence-corrected chi connectivity index (χ1v) is 4.92. The third kappa shape index (κ3) is 1.15. The molecule has 0 radical (unpaired) electrons. The summed E-state index contributed by atoms with van der Waals surface area (Å²) in [6.07, 6.45) is 4.40. The Morgan fingerprint density at radius 2 is 2.07 bits per heavy atom. The number of hydrogen-bond acceptors (Lipinski definition) is 2. The Hall–Kier alpha value is -1.57. The quantitative estimate of drug-likeness (QED) is 0.741. The van der Waals surface area contributed by atoms with Gasteiger partial charge in [-0.1, -0.05) is 0 Å². The van der Waals surface area contributed by atoms with Gasteiger partial charge in [-0.3, -0.25) is 4.98 Å². The van der Waals surface area contributed by atoms with E-state index in [4.69, 9.17) is 0 Å². The van der Waals surface area contributed by atoms with E-state index >= 15 is 0 Å². The average molecular weight is 185 g/mol. The van der Waals surface area contributed by atoms with Crippen molar-refractivity contribution in [3.63, 3.8) is 0 Å². The first-order chi connectivity index (χ1) is 6.84. The summed E-state index contributed by atoms with van der Waals surface area (Å²) in [5.41, 5.74) is 2.32. The lowest BCUT2D eigenvalue weighted by molar-refractivity contribution is 0.476. The molecule has 1 aromatic heterocycles. The molecular weight excluding hydrogens is 174 g/mol. The van der Waals surface area contributed by atoms with E-state index in [2.05, 4.69) is 11.1 Å². The zero-order chi connectivity index (χ0) is 9.54. The molecule has 1 fully saturated rings. The molecule has 1 aliphatic carbocycles. The van der Waals surface area contributed by atoms with Gasteiger partial charge in [-0.25, -0.2) is 0 Å². The molecule has 1 heterocycles. The van der Waals surface area contributed by atoms with Gasteiger partial charge in [0.25, 0.3) is 0 Å². The van der Waals surface area contributed by atoms with Crippen molar-refractivity contribution < 1.29 is 5.11 Å². The van der Waals surface area contributed by atoms with Gasteiger partial charge in [0.1, 0.15) is 5.75 Å². The Morgan fingerprint density at radius 1 is 1.21 bits per heavy atom. The summed E-state index contributed by atoms with van der Waals surface area (Å²) in [4.78, 5) is 4.28. The number of benzene rings is 1. The molecule has 1 saturated carbocycles. The van der Waals surface area contributed by atoms with Crippen LogP contribution in [0.3, 0.4) is 0 Å². The summed E-state index contributed by atoms with van der Waals surface area (Å²) in [5.74, 6) is 1.02. The fourth-order valence-electron chi connectivity index (χ4n) is 1.91. The number of aromatic nitrogens is 1. The number of aromatic hydroxyl groups is 1. The van der Waals surface area contributed by atoms with E-state index in [0.717, 1.165) is 10.9 Å². The van der Waals surface area contributed by atoms with E-state index < -0.39 is 0 Å². The highest BCUT2D eigenvalue weighted by atomic mass is 16.3. The number of phenolic OH excluding ortho intramolecular Hbond substituents is 1. The molecule has 0 atom stereocenters. The van der Waals surface area contributed by atoms with Gasteiger partial charge in [0.05, 0.1) is 5.52 Å². The van der Waals surface area contributed by atoms with Gasteiger partial charge in [-0.15, -0.1) is 0 Å². The molecule has 0 bridgehead atoms. The minimum atomic E-state index is 0.326. The van der Waals surface area contributed by atoms with Gasteiger partial charge >= 0.3 is 0 Å². The molecule has 3 rings (SSSR count). The fraction of sp³-hybridized carbons (Fsp3) is 0.250. The Balaban J connectivity index is 2.32. The van der Waals surface area contributed by atoms with Crippen molar-refractivity contribution in [2.45, 2.75) is 18.8 Å². The summed E-state index contributed by atoms with van der Waals surface area (Å²) < 4.78 is 0. The second kappa shape index (κ2) is 2.71. The Labute approximate surface area is 82.2 Å². The van der Waals surface area contributed by atoms with E-state index in [-0.39, 0.29) is 0 Å². The van der Waals surface area contributed by atoms with Crippen LogP contribution >= 0.6 is 0 Å². The normalized spacial score (nSPS) is 16.0. The smallest absolute Gasteiger partial charge is 0.116 e. The number of phenols is 1. The molecule has 0 spiro atoms. The molecule has 0 unspecified atom stereocenters. The van der Waals surface area contributed by atoms with Crippen molar-refractivity contribution in [1.82, 2.24) is 4.98 Å². The summed E-state index contributed by atoms with van der Waals surface area (Å²) in [5, 5.41) is 10.5. The maximum absolute atomic E-state index is 9.43. The predicted molar refractivity (Wildman–Crippen MR) is 55.4 cm³/mol. The zero-order valence-electron chi connectivity index (χ0n) is 7.77. The van der Waals surface area contributed by atoms with Crippen molar-refractivity contribution in [2.75, 3.05) is 0 Å². The number of fused-ring (bicyclic) bond motifs is 1. The van der Waals surface area contributed by atoms with Crippen molar-refractivity contribution in [2.24, 2.45) is 0 Å². The van der Waals surface area contributed by atoms with Crippen LogP contribution < -0.4 is 0 Å². The van der Waals surface area contributed by atoms with E-state index in [1.54, 1.807) is 6.07 Å². The first kappa shape index (κ1) is 7.80. The van der Waals surface area contributed by atoms with Gasteiger partial charge in [0.2, 0.25) is 0 Å². The van der Waals surface area contributed by atoms with Crippen LogP contribution in [0.15, 0.2) is 30.5 Å². The summed E-state index contributed by atoms with van der Waals surface area (Å²) >= 11 is 0. The largest absolute Gasteiger partial charge is 0.508 e. The van der Waals surface area contributed by atoms with Gasteiger partial charge < -0.3 is 5.11 Å². The van der Waals surface area contributed by atoms with Crippen LogP contribution in [0.4, 0.5) is 0 Å². The van der Waals surface area contributed by atoms with Crippen LogP contribution in [0, 0.1) is 0 Å². The number of pyridine rings is 1. The first-order valence-electron chi connectivity index (χ1n) is 4.92. The SMILES string of the molecule is Oc1ccc2nccc(C3CC3)c2c1. The van der Waals surface area contributed by atoms with Crippen molar-refractivity contribution in [3.05, 3.63) is 36.0 Å². The second-order valence-corrected chi connectivity index (χ2v) is 3.88. The molecule has 1 aliphatic rings. The highest BCUT2D eigenvalue weighted by Crippen LogP contribution is 2.43. The zero-order valence-corrected chi connectivity index (χ0v) is 7.77. The van der Waals surface area contributed by atoms with Gasteiger partial charge in [0, 0.05) is 11.6 Å². The average Bonchev–Trinajstić information content (AvgIpc) is 3.00. The van der Waals surface area contributed by atoms with Gasteiger partial charge in [0.15, 0.2) is 0 Å². The lowest BCUT2D eigenvalue weighted by Crippen LogP contribution is -1.85. The number of rotatable bonds is 1. The molecule has 1 N–H and O–H groups in total. The van der Waals surface area contributed by atoms with E-state index in [0.29, 0.717) is 11.7 Å². The lowest BCUT2D eigenvalue weighted by atomic mass is 10.1. The van der Waals surface area contributed by atoms with Gasteiger partial charge in [-0.2, -0.15) is 0 Å². The summed E-state index contributed by atoms with van der Waals surface area (Å²) in [6.45, 7) is 0. The van der Waals surface area contributed by atoms with Crippen LogP contribution in [-0.2, 0) is 0 Å². The second-order valence-electron chi connectivity index (χ2n) is 3.88. The highest BCUT2D eigenvalue weighted by Gasteiger charge is 2.25. The molecular formula is C12H11NO. The van der Waals surface area contributed by atoms with Gasteiger partial charge in [-0.05, 0) is 48.6 Å². The molecule has 0 amide bonds. The molecule has 0 aliphatic heterocycles. The summed E-state index contributed by atoms with van der Waals surface area (Å²) in [6, 6.07) is 7.44. The molecule has 2 nitrogen and oxygen atoms in total. The van der Waals surface area contributed by atoms with Crippen molar-refractivity contribution in [3.8, 4) is 5.75 Å². The van der Waals surface area contributed by atoms with Crippen molar-refractivity contribution in [1.29, 1.82) is 0 Å². The summed E-state index contributed by atoms with van der Waals surface area (Å²) in [7, 11) is 0. The molecule has 0 saturated heterocycles. The third-order valence-electron chi connectivity index (χ3n) is 2.78. The minimum Gasteiger partial charge on any atom is -0.508 e. The highest BCUT2D eigenvalue weighted by molar-refractivity contribution is 5.84. The topological polar surface area (TPSA) is 33.1 Å². The molecule has 2 heteroatoms. The minimum absolute atomic E-state index is 0.326. The molecule has 2 aromatic rings. The molecule has 1 aromatic carbocycles. The van der Waals surface area contributed by atoms with E-state index in [1.807, 2.05) is 18.3 Å². The van der Waals surface area contributed by atoms with Crippen LogP contribution in [0.2, 0.25) is 0 Å². The fourth-order valence-corrected chi connectivity index (χ4v) is 1.91. The Kier molecular flexibility index (Phi) is 1.51. The monoisotopic (exact) mass is 185 g/mol. The number of hydrogen-bond donors (Lipinski definition) is 1. The molecule has 14 heavy (non-hydrogen) atoms. The number of nitrogens with zero attached hydrogens (tertiary/aromatic N) is 1. The van der Waals surface area contributed by atoms with E-state index in [9.17, 15) is 5.11 Å². The maximum Gasteiger partial charge on any atom is 0.116 e. The molecule has 70 valence electrons. The van der Waals surface area contributed by atoms with Crippen LogP contribution in [-0.4, -0.2) is 10.1 Å². The Bertz CT molecular complexity index is 489. The Morgan fingerprint density at radius 3 is 2.86 bits per heavy atom. The van der Waals surface area contributed by atoms with Crippen LogP contribution in [0.1, 0.15) is 24.3 Å². The van der Waals surface area contributed by atoms with Crippen LogP contribution in [0.25, 0.3) is 10.9 Å². The standard InChI is InChI=1S/C12H11NO/c14-9-3-4-12-11(7-9)10(5-6-13-12)8-1-2-8/h3-8,14H,1-2H2. The van der Waals surface area contributed by atoms with E-state index in [1.165, 1.54) is 18.4 Å².